The summed E-state index contributed by atoms with van der Waals surface area (Å²) in [7, 11) is 0. The van der Waals surface area contributed by atoms with Gasteiger partial charge in [-0.2, -0.15) is 13.2 Å². The third-order valence-electron chi connectivity index (χ3n) is 6.26. The molecule has 1 unspecified atom stereocenters. The number of alkyl halides is 3. The van der Waals surface area contributed by atoms with E-state index in [9.17, 15) is 18.0 Å². The first kappa shape index (κ1) is 31.1. The lowest BCUT2D eigenvalue weighted by Gasteiger charge is -2.25. The van der Waals surface area contributed by atoms with Crippen LogP contribution in [0.3, 0.4) is 0 Å². The number of rotatable bonds is 10. The van der Waals surface area contributed by atoms with E-state index in [-0.39, 0.29) is 18.5 Å². The Morgan fingerprint density at radius 2 is 1.82 bits per heavy atom. The minimum atomic E-state index is -4.84. The van der Waals surface area contributed by atoms with Crippen molar-refractivity contribution < 1.29 is 22.7 Å². The third-order valence-corrected chi connectivity index (χ3v) is 6.26. The third kappa shape index (κ3) is 11.1. The molecule has 2 aromatic carbocycles. The molecule has 3 rings (SSSR count). The molecule has 1 aliphatic rings. The Hall–Kier alpha value is -3.13. The number of carbonyl (C=O) groups excluding carboxylic acids is 1. The molecule has 0 aromatic heterocycles. The van der Waals surface area contributed by atoms with E-state index < -0.39 is 12.1 Å². The van der Waals surface area contributed by atoms with Crippen LogP contribution in [0, 0.1) is 5.41 Å². The fraction of sp³-hybridized carbons (Fsp3) is 0.467. The van der Waals surface area contributed by atoms with Gasteiger partial charge in [-0.15, -0.1) is 0 Å². The van der Waals surface area contributed by atoms with Crippen molar-refractivity contribution in [2.45, 2.75) is 84.1 Å². The molecule has 0 bridgehead atoms. The molecule has 0 heterocycles. The second kappa shape index (κ2) is 16.0. The van der Waals surface area contributed by atoms with Crippen molar-refractivity contribution in [3.05, 3.63) is 71.3 Å². The van der Waals surface area contributed by atoms with Crippen LogP contribution in [-0.4, -0.2) is 30.6 Å². The number of hydrogen-bond donors (Lipinski definition) is 3. The summed E-state index contributed by atoms with van der Waals surface area (Å²) >= 11 is 0. The van der Waals surface area contributed by atoms with Gasteiger partial charge in [-0.05, 0) is 60.9 Å². The van der Waals surface area contributed by atoms with Crippen molar-refractivity contribution in [2.75, 3.05) is 6.54 Å². The lowest BCUT2D eigenvalue weighted by molar-refractivity contribution is -0.173. The number of nitrogen functional groups attached to an aromatic ring is 1. The van der Waals surface area contributed by atoms with E-state index in [1.54, 1.807) is 6.07 Å². The average molecular weight is 532 g/mol. The van der Waals surface area contributed by atoms with Gasteiger partial charge in [0.1, 0.15) is 5.84 Å². The highest BCUT2D eigenvalue weighted by molar-refractivity contribution is 5.96. The molecule has 5 nitrogen and oxygen atoms in total. The van der Waals surface area contributed by atoms with Gasteiger partial charge in [0.2, 0.25) is 0 Å². The fourth-order valence-electron chi connectivity index (χ4n) is 4.22. The Kier molecular flexibility index (Phi) is 13.1. The number of amidine groups is 1. The molecule has 8 heteroatoms. The van der Waals surface area contributed by atoms with Gasteiger partial charge in [0.05, 0.1) is 12.7 Å². The van der Waals surface area contributed by atoms with Crippen molar-refractivity contribution in [3.8, 4) is 11.1 Å². The van der Waals surface area contributed by atoms with Crippen molar-refractivity contribution in [1.82, 2.24) is 5.32 Å². The zero-order valence-electron chi connectivity index (χ0n) is 22.4. The Morgan fingerprint density at radius 3 is 2.45 bits per heavy atom. The zero-order valence-corrected chi connectivity index (χ0v) is 22.4. The molecule has 0 radical (unpaired) electrons. The zero-order chi connectivity index (χ0) is 28.0. The van der Waals surface area contributed by atoms with Gasteiger partial charge in [0, 0.05) is 12.1 Å². The molecule has 0 aliphatic heterocycles. The van der Waals surface area contributed by atoms with Crippen LogP contribution >= 0.6 is 0 Å². The number of ether oxygens (including phenoxy) is 1. The van der Waals surface area contributed by atoms with Crippen LogP contribution in [0.4, 0.5) is 13.2 Å². The summed E-state index contributed by atoms with van der Waals surface area (Å²) in [4.78, 5) is 10.9. The summed E-state index contributed by atoms with van der Waals surface area (Å²) in [6, 6.07) is 15.6. The standard InChI is InChI=1S/C25H28F3N3O2.C5H12/c26-25(27,28)24(32)31-12-4-7-17-5-2-11-22(14-17)33-16-18-6-1-8-19(13-18)20-9-3-10-21(15-20)23(29)30;1-3-5-4-2/h1,3,6-10,13,15,22H,2,4-5,11-12,14,16H2,(H3,29,30)(H,31,32);3-5H2,1-2H3. The molecule has 208 valence electrons. The minimum Gasteiger partial charge on any atom is -0.384 e. The molecular weight excluding hydrogens is 491 g/mol. The smallest absolute Gasteiger partial charge is 0.384 e. The largest absolute Gasteiger partial charge is 0.471 e. The molecule has 1 saturated carbocycles. The Bertz CT molecular complexity index is 1060. The first-order chi connectivity index (χ1) is 18.1. The number of carbonyl (C=O) groups is 1. The van der Waals surface area contributed by atoms with Gasteiger partial charge in [0.25, 0.3) is 0 Å². The predicted octanol–water partition coefficient (Wildman–Crippen LogP) is 7.29. The fourth-order valence-corrected chi connectivity index (χ4v) is 4.22. The van der Waals surface area contributed by atoms with Gasteiger partial charge in [-0.1, -0.05) is 81.2 Å². The number of nitrogens with one attached hydrogen (secondary N) is 2. The monoisotopic (exact) mass is 531 g/mol. The lowest BCUT2D eigenvalue weighted by Crippen LogP contribution is -2.37. The maximum Gasteiger partial charge on any atom is 0.471 e. The topological polar surface area (TPSA) is 88.2 Å². The maximum atomic E-state index is 12.2. The van der Waals surface area contributed by atoms with E-state index in [0.717, 1.165) is 47.9 Å². The molecule has 4 N–H and O–H groups in total. The summed E-state index contributed by atoms with van der Waals surface area (Å²) in [5.74, 6) is -1.87. The van der Waals surface area contributed by atoms with Crippen LogP contribution in [0.1, 0.15) is 76.3 Å². The summed E-state index contributed by atoms with van der Waals surface area (Å²) in [6.45, 7) is 4.85. The van der Waals surface area contributed by atoms with Gasteiger partial charge >= 0.3 is 12.1 Å². The summed E-state index contributed by atoms with van der Waals surface area (Å²) in [5, 5.41) is 9.51. The minimum absolute atomic E-state index is 0.0280. The highest BCUT2D eigenvalue weighted by Gasteiger charge is 2.38. The normalized spacial score (nSPS) is 16.4. The average Bonchev–Trinajstić information content (AvgIpc) is 2.90. The first-order valence-corrected chi connectivity index (χ1v) is 13.3. The van der Waals surface area contributed by atoms with Gasteiger partial charge in [-0.3, -0.25) is 10.2 Å². The molecular formula is C30H40F3N3O2. The maximum absolute atomic E-state index is 12.2. The van der Waals surface area contributed by atoms with Crippen molar-refractivity contribution >= 4 is 11.7 Å². The van der Waals surface area contributed by atoms with Crippen LogP contribution < -0.4 is 11.1 Å². The van der Waals surface area contributed by atoms with Crippen molar-refractivity contribution in [3.63, 3.8) is 0 Å². The number of halogens is 3. The van der Waals surface area contributed by atoms with Crippen LogP contribution in [-0.2, 0) is 16.1 Å². The molecule has 2 aromatic rings. The Morgan fingerprint density at radius 1 is 1.13 bits per heavy atom. The molecule has 1 fully saturated rings. The first-order valence-electron chi connectivity index (χ1n) is 13.3. The van der Waals surface area contributed by atoms with Crippen molar-refractivity contribution in [1.29, 1.82) is 5.41 Å². The summed E-state index contributed by atoms with van der Waals surface area (Å²) < 4.78 is 42.8. The van der Waals surface area contributed by atoms with E-state index in [2.05, 4.69) is 19.9 Å². The SMILES string of the molecule is CCCCC.N=C(N)c1cccc(-c2cccc(COC3CCCC(=CCCNC(=O)C(F)(F)F)C3)c2)c1. The van der Waals surface area contributed by atoms with E-state index >= 15 is 0 Å². The predicted molar refractivity (Wildman–Crippen MR) is 147 cm³/mol. The van der Waals surface area contributed by atoms with Gasteiger partial charge in [0.15, 0.2) is 0 Å². The molecule has 0 spiro atoms. The number of amides is 1. The van der Waals surface area contributed by atoms with Crippen LogP contribution in [0.2, 0.25) is 0 Å². The van der Waals surface area contributed by atoms with E-state index in [1.165, 1.54) is 19.3 Å². The van der Waals surface area contributed by atoms with Crippen molar-refractivity contribution in [2.24, 2.45) is 5.73 Å². The molecule has 38 heavy (non-hydrogen) atoms. The van der Waals surface area contributed by atoms with E-state index in [1.807, 2.05) is 47.8 Å². The van der Waals surface area contributed by atoms with E-state index in [4.69, 9.17) is 15.9 Å². The number of unbranched alkanes of at least 4 members (excludes halogenated alkanes) is 2. The molecule has 0 saturated heterocycles. The summed E-state index contributed by atoms with van der Waals surface area (Å²) in [6.07, 6.45) is 5.10. The van der Waals surface area contributed by atoms with Crippen LogP contribution in [0.5, 0.6) is 0 Å². The highest BCUT2D eigenvalue weighted by Crippen LogP contribution is 2.28. The number of benzene rings is 2. The van der Waals surface area contributed by atoms with Gasteiger partial charge in [-0.25, -0.2) is 0 Å². The second-order valence-corrected chi connectivity index (χ2v) is 9.48. The van der Waals surface area contributed by atoms with E-state index in [0.29, 0.717) is 18.6 Å². The molecule has 1 atom stereocenters. The molecule has 1 aliphatic carbocycles. The molecule has 1 amide bonds. The number of hydrogen-bond acceptors (Lipinski definition) is 3. The van der Waals surface area contributed by atoms with Gasteiger partial charge < -0.3 is 15.8 Å². The van der Waals surface area contributed by atoms with Crippen LogP contribution in [0.15, 0.2) is 60.2 Å². The quantitative estimate of drug-likeness (QED) is 0.130. The highest BCUT2D eigenvalue weighted by atomic mass is 19.4. The Balaban J connectivity index is 0.000000926. The lowest BCUT2D eigenvalue weighted by atomic mass is 9.91. The number of nitrogens with two attached hydrogens (primary N) is 1. The second-order valence-electron chi connectivity index (χ2n) is 9.48. The Labute approximate surface area is 224 Å². The van der Waals surface area contributed by atoms with Crippen LogP contribution in [0.25, 0.3) is 11.1 Å². The summed E-state index contributed by atoms with van der Waals surface area (Å²) in [5.41, 5.74) is 10.5.